The van der Waals surface area contributed by atoms with E-state index in [2.05, 4.69) is 10.4 Å². The smallest absolute Gasteiger partial charge is 0.164 e. The van der Waals surface area contributed by atoms with Crippen LogP contribution in [0.3, 0.4) is 0 Å². The van der Waals surface area contributed by atoms with Crippen molar-refractivity contribution in [1.29, 1.82) is 0 Å². The molecule has 13 heavy (non-hydrogen) atoms. The lowest BCUT2D eigenvalue weighted by Gasteiger charge is -2.31. The molecule has 0 saturated heterocycles. The standard InChI is InChI=1S/C9H10ClN3/c10-8-9(4-1-2-5-11-9)13-7-3-6-12-13/h1-7,11H,8H2. The van der Waals surface area contributed by atoms with Gasteiger partial charge in [0.15, 0.2) is 5.66 Å². The molecule has 1 atom stereocenters. The van der Waals surface area contributed by atoms with E-state index in [0.29, 0.717) is 5.88 Å². The van der Waals surface area contributed by atoms with Crippen LogP contribution >= 0.6 is 11.6 Å². The molecule has 0 radical (unpaired) electrons. The average molecular weight is 196 g/mol. The largest absolute Gasteiger partial charge is 0.363 e. The molecule has 3 nitrogen and oxygen atoms in total. The van der Waals surface area contributed by atoms with Crippen LogP contribution in [-0.2, 0) is 5.66 Å². The van der Waals surface area contributed by atoms with Crippen molar-refractivity contribution in [3.63, 3.8) is 0 Å². The molecular weight excluding hydrogens is 186 g/mol. The van der Waals surface area contributed by atoms with Gasteiger partial charge in [0.2, 0.25) is 0 Å². The molecule has 0 fully saturated rings. The number of hydrogen-bond acceptors (Lipinski definition) is 2. The molecule has 0 spiro atoms. The van der Waals surface area contributed by atoms with E-state index in [0.717, 1.165) is 0 Å². The fourth-order valence-corrected chi connectivity index (χ4v) is 1.59. The number of aromatic nitrogens is 2. The van der Waals surface area contributed by atoms with E-state index < -0.39 is 5.66 Å². The third kappa shape index (κ3) is 1.35. The van der Waals surface area contributed by atoms with Crippen molar-refractivity contribution >= 4 is 11.6 Å². The fraction of sp³-hybridized carbons (Fsp3) is 0.222. The summed E-state index contributed by atoms with van der Waals surface area (Å²) in [6, 6.07) is 1.88. The molecule has 4 heteroatoms. The predicted molar refractivity (Wildman–Crippen MR) is 52.3 cm³/mol. The lowest BCUT2D eigenvalue weighted by atomic mass is 10.1. The highest BCUT2D eigenvalue weighted by molar-refractivity contribution is 6.18. The van der Waals surface area contributed by atoms with E-state index in [1.54, 1.807) is 10.9 Å². The summed E-state index contributed by atoms with van der Waals surface area (Å²) in [6.45, 7) is 0. The van der Waals surface area contributed by atoms with Crippen molar-refractivity contribution in [3.8, 4) is 0 Å². The number of nitrogens with zero attached hydrogens (tertiary/aromatic N) is 2. The van der Waals surface area contributed by atoms with Crippen molar-refractivity contribution in [2.75, 3.05) is 5.88 Å². The van der Waals surface area contributed by atoms with Crippen LogP contribution in [0.1, 0.15) is 0 Å². The second-order valence-electron chi connectivity index (χ2n) is 2.87. The van der Waals surface area contributed by atoms with Gasteiger partial charge in [-0.15, -0.1) is 11.6 Å². The highest BCUT2D eigenvalue weighted by atomic mass is 35.5. The lowest BCUT2D eigenvalue weighted by molar-refractivity contribution is 0.329. The van der Waals surface area contributed by atoms with Gasteiger partial charge in [-0.3, -0.25) is 0 Å². The number of rotatable bonds is 2. The van der Waals surface area contributed by atoms with Crippen LogP contribution in [-0.4, -0.2) is 15.7 Å². The molecule has 1 aromatic rings. The maximum absolute atomic E-state index is 5.92. The first-order valence-electron chi connectivity index (χ1n) is 4.05. The van der Waals surface area contributed by atoms with Crippen molar-refractivity contribution in [3.05, 3.63) is 42.9 Å². The molecule has 0 aliphatic carbocycles. The van der Waals surface area contributed by atoms with Gasteiger partial charge in [-0.2, -0.15) is 5.10 Å². The first-order chi connectivity index (χ1) is 6.37. The van der Waals surface area contributed by atoms with Gasteiger partial charge in [-0.25, -0.2) is 4.68 Å². The zero-order valence-electron chi connectivity index (χ0n) is 7.02. The van der Waals surface area contributed by atoms with Gasteiger partial charge >= 0.3 is 0 Å². The van der Waals surface area contributed by atoms with Crippen LogP contribution < -0.4 is 5.32 Å². The Bertz CT molecular complexity index is 329. The molecule has 2 heterocycles. The van der Waals surface area contributed by atoms with Crippen LogP contribution in [0.5, 0.6) is 0 Å². The third-order valence-corrected chi connectivity index (χ3v) is 2.44. The monoisotopic (exact) mass is 195 g/mol. The fourth-order valence-electron chi connectivity index (χ4n) is 1.30. The summed E-state index contributed by atoms with van der Waals surface area (Å²) in [7, 11) is 0. The second-order valence-corrected chi connectivity index (χ2v) is 3.14. The number of allylic oxidation sites excluding steroid dienone is 2. The molecule has 2 rings (SSSR count). The summed E-state index contributed by atoms with van der Waals surface area (Å²) in [5.41, 5.74) is -0.403. The van der Waals surface area contributed by atoms with Gasteiger partial charge in [0.25, 0.3) is 0 Å². The summed E-state index contributed by atoms with van der Waals surface area (Å²) in [4.78, 5) is 0. The van der Waals surface area contributed by atoms with Crippen LogP contribution in [0.25, 0.3) is 0 Å². The Hall–Kier alpha value is -1.22. The molecule has 0 bridgehead atoms. The Morgan fingerprint density at radius 1 is 1.46 bits per heavy atom. The van der Waals surface area contributed by atoms with Gasteiger partial charge in [-0.05, 0) is 24.4 Å². The number of dihydropyridines is 1. The first kappa shape index (κ1) is 8.38. The summed E-state index contributed by atoms with van der Waals surface area (Å²) in [5, 5.41) is 7.35. The normalized spacial score (nSPS) is 25.9. The van der Waals surface area contributed by atoms with E-state index in [1.807, 2.05) is 36.7 Å². The van der Waals surface area contributed by atoms with Crippen molar-refractivity contribution < 1.29 is 0 Å². The maximum atomic E-state index is 5.92. The molecule has 1 unspecified atom stereocenters. The topological polar surface area (TPSA) is 29.9 Å². The van der Waals surface area contributed by atoms with E-state index in [-0.39, 0.29) is 0 Å². The number of halogens is 1. The van der Waals surface area contributed by atoms with E-state index in [1.165, 1.54) is 0 Å². The SMILES string of the molecule is ClCC1(n2cccn2)C=CC=CN1. The van der Waals surface area contributed by atoms with E-state index in [9.17, 15) is 0 Å². The number of alkyl halides is 1. The second kappa shape index (κ2) is 3.26. The maximum Gasteiger partial charge on any atom is 0.164 e. The molecule has 0 amide bonds. The molecule has 1 aliphatic heterocycles. The minimum absolute atomic E-state index is 0.403. The number of nitrogens with one attached hydrogen (secondary N) is 1. The minimum Gasteiger partial charge on any atom is -0.363 e. The predicted octanol–water partition coefficient (Wildman–Crippen LogP) is 1.45. The molecule has 1 aromatic heterocycles. The molecule has 1 N–H and O–H groups in total. The number of hydrogen-bond donors (Lipinski definition) is 1. The van der Waals surface area contributed by atoms with Gasteiger partial charge in [0, 0.05) is 12.4 Å². The first-order valence-corrected chi connectivity index (χ1v) is 4.59. The molecule has 0 saturated carbocycles. The Morgan fingerprint density at radius 3 is 2.92 bits per heavy atom. The van der Waals surface area contributed by atoms with Crippen LogP contribution in [0.4, 0.5) is 0 Å². The summed E-state index contributed by atoms with van der Waals surface area (Å²) >= 11 is 5.92. The summed E-state index contributed by atoms with van der Waals surface area (Å²) in [6.07, 6.45) is 11.4. The Balaban J connectivity index is 2.36. The zero-order chi connectivity index (χ0) is 9.15. The van der Waals surface area contributed by atoms with Crippen molar-refractivity contribution in [2.45, 2.75) is 5.66 Å². The molecule has 0 aromatic carbocycles. The average Bonchev–Trinajstić information content (AvgIpc) is 2.72. The Labute approximate surface area is 81.7 Å². The third-order valence-electron chi connectivity index (χ3n) is 2.03. The highest BCUT2D eigenvalue weighted by Crippen LogP contribution is 2.18. The minimum atomic E-state index is -0.403. The molecular formula is C9H10ClN3. The summed E-state index contributed by atoms with van der Waals surface area (Å²) in [5.74, 6) is 0.440. The quantitative estimate of drug-likeness (QED) is 0.724. The van der Waals surface area contributed by atoms with Crippen LogP contribution in [0, 0.1) is 0 Å². The molecule has 68 valence electrons. The van der Waals surface area contributed by atoms with Crippen LogP contribution in [0.2, 0.25) is 0 Å². The van der Waals surface area contributed by atoms with Gasteiger partial charge in [0.05, 0.1) is 5.88 Å². The van der Waals surface area contributed by atoms with E-state index >= 15 is 0 Å². The van der Waals surface area contributed by atoms with E-state index in [4.69, 9.17) is 11.6 Å². The van der Waals surface area contributed by atoms with Crippen molar-refractivity contribution in [1.82, 2.24) is 15.1 Å². The lowest BCUT2D eigenvalue weighted by Crippen LogP contribution is -2.46. The highest BCUT2D eigenvalue weighted by Gasteiger charge is 2.27. The van der Waals surface area contributed by atoms with Gasteiger partial charge < -0.3 is 5.32 Å². The molecule has 1 aliphatic rings. The Morgan fingerprint density at radius 2 is 2.38 bits per heavy atom. The zero-order valence-corrected chi connectivity index (χ0v) is 7.78. The Kier molecular flexibility index (Phi) is 2.10. The summed E-state index contributed by atoms with van der Waals surface area (Å²) < 4.78 is 1.81. The van der Waals surface area contributed by atoms with Crippen molar-refractivity contribution in [2.24, 2.45) is 0 Å². The van der Waals surface area contributed by atoms with Gasteiger partial charge in [0.1, 0.15) is 0 Å². The van der Waals surface area contributed by atoms with Crippen LogP contribution in [0.15, 0.2) is 42.9 Å². The van der Waals surface area contributed by atoms with Gasteiger partial charge in [-0.1, -0.05) is 6.08 Å².